The molecule has 1 aromatic carbocycles. The van der Waals surface area contributed by atoms with E-state index in [9.17, 15) is 14.0 Å². The van der Waals surface area contributed by atoms with Crippen LogP contribution in [0.3, 0.4) is 0 Å². The van der Waals surface area contributed by atoms with Crippen LogP contribution in [0.25, 0.3) is 0 Å². The summed E-state index contributed by atoms with van der Waals surface area (Å²) in [5.41, 5.74) is 5.65. The number of carbonyl (C=O) groups is 2. The summed E-state index contributed by atoms with van der Waals surface area (Å²) in [6.45, 7) is 1.51. The molecule has 100 valence electrons. The highest BCUT2D eigenvalue weighted by Crippen LogP contribution is 2.32. The highest BCUT2D eigenvalue weighted by Gasteiger charge is 2.32. The lowest BCUT2D eigenvalue weighted by molar-refractivity contribution is -0.115. The Morgan fingerprint density at radius 3 is 2.74 bits per heavy atom. The van der Waals surface area contributed by atoms with E-state index in [2.05, 4.69) is 10.6 Å². The smallest absolute Gasteiger partial charge is 0.319 e. The van der Waals surface area contributed by atoms with Crippen LogP contribution in [0.1, 0.15) is 18.5 Å². The highest BCUT2D eigenvalue weighted by atomic mass is 35.5. The number of hydrogen-bond donors (Lipinski definition) is 3. The van der Waals surface area contributed by atoms with Crippen molar-refractivity contribution < 1.29 is 14.0 Å². The van der Waals surface area contributed by atoms with E-state index in [0.717, 1.165) is 0 Å². The molecule has 19 heavy (non-hydrogen) atoms. The van der Waals surface area contributed by atoms with E-state index in [0.29, 0.717) is 0 Å². The number of hydrogen-bond acceptors (Lipinski definition) is 2. The van der Waals surface area contributed by atoms with Crippen LogP contribution in [-0.2, 0) is 4.79 Å². The Morgan fingerprint density at radius 1 is 1.47 bits per heavy atom. The molecular weight excluding hydrogens is 273 g/mol. The van der Waals surface area contributed by atoms with Crippen molar-refractivity contribution in [1.29, 1.82) is 0 Å². The van der Waals surface area contributed by atoms with Crippen LogP contribution in [-0.4, -0.2) is 11.9 Å². The largest absolute Gasteiger partial charge is 0.366 e. The zero-order valence-corrected chi connectivity index (χ0v) is 10.7. The third kappa shape index (κ3) is 2.39. The summed E-state index contributed by atoms with van der Waals surface area (Å²) >= 11 is 5.94. The normalized spacial score (nSPS) is 18.9. The van der Waals surface area contributed by atoms with Gasteiger partial charge in [-0.2, -0.15) is 0 Å². The fraction of sp³-hybridized carbons (Fsp3) is 0.167. The van der Waals surface area contributed by atoms with Gasteiger partial charge >= 0.3 is 6.03 Å². The third-order valence-electron chi connectivity index (χ3n) is 2.82. The molecule has 0 bridgehead atoms. The number of nitrogens with one attached hydrogen (secondary N) is 2. The molecule has 1 aromatic rings. The van der Waals surface area contributed by atoms with E-state index in [1.165, 1.54) is 25.1 Å². The van der Waals surface area contributed by atoms with E-state index in [-0.39, 0.29) is 21.9 Å². The van der Waals surface area contributed by atoms with Crippen molar-refractivity contribution in [2.24, 2.45) is 5.73 Å². The van der Waals surface area contributed by atoms with Crippen molar-refractivity contribution in [3.8, 4) is 0 Å². The molecule has 0 aliphatic carbocycles. The van der Waals surface area contributed by atoms with Crippen molar-refractivity contribution in [3.63, 3.8) is 0 Å². The average Bonchev–Trinajstić information content (AvgIpc) is 2.26. The first-order chi connectivity index (χ1) is 8.91. The summed E-state index contributed by atoms with van der Waals surface area (Å²) in [5.74, 6) is -1.37. The molecule has 2 rings (SSSR count). The van der Waals surface area contributed by atoms with Crippen LogP contribution in [0.2, 0.25) is 5.02 Å². The Bertz CT molecular complexity index is 580. The molecule has 3 amide bonds. The zero-order valence-electron chi connectivity index (χ0n) is 9.96. The number of halogens is 2. The van der Waals surface area contributed by atoms with Crippen molar-refractivity contribution in [2.45, 2.75) is 13.0 Å². The summed E-state index contributed by atoms with van der Waals surface area (Å²) in [6, 6.07) is 2.56. The van der Waals surface area contributed by atoms with Gasteiger partial charge in [-0.3, -0.25) is 4.79 Å². The van der Waals surface area contributed by atoms with Gasteiger partial charge in [0.25, 0.3) is 0 Å². The van der Waals surface area contributed by atoms with Crippen LogP contribution in [0.4, 0.5) is 9.18 Å². The van der Waals surface area contributed by atoms with Crippen molar-refractivity contribution in [3.05, 3.63) is 45.9 Å². The maximum atomic E-state index is 13.9. The zero-order chi connectivity index (χ0) is 14.2. The quantitative estimate of drug-likeness (QED) is 0.770. The average molecular weight is 284 g/mol. The van der Waals surface area contributed by atoms with E-state index in [1.54, 1.807) is 0 Å². The minimum atomic E-state index is -1.00. The standard InChI is InChI=1S/C12H11ClFN3O2/c1-5-8(11(15)18)10(17-12(19)16-5)9-6(13)3-2-4-7(9)14/h2-4,10H,1H3,(H2,15,18)(H2,16,17,19)/t10-/m0/s1. The molecule has 0 radical (unpaired) electrons. The number of allylic oxidation sites excluding steroid dienone is 1. The van der Waals surface area contributed by atoms with Gasteiger partial charge in [0.15, 0.2) is 0 Å². The Hall–Kier alpha value is -2.08. The lowest BCUT2D eigenvalue weighted by Gasteiger charge is -2.28. The summed E-state index contributed by atoms with van der Waals surface area (Å²) < 4.78 is 13.9. The number of carbonyl (C=O) groups excluding carboxylic acids is 2. The molecule has 1 heterocycles. The van der Waals surface area contributed by atoms with Crippen molar-refractivity contribution in [1.82, 2.24) is 10.6 Å². The number of rotatable bonds is 2. The molecule has 4 N–H and O–H groups in total. The molecule has 1 aliphatic rings. The topological polar surface area (TPSA) is 84.2 Å². The van der Waals surface area contributed by atoms with Crippen molar-refractivity contribution >= 4 is 23.5 Å². The SMILES string of the molecule is CC1=C(C(N)=O)[C@@H](c2c(F)cccc2Cl)NC(=O)N1. The number of benzene rings is 1. The van der Waals surface area contributed by atoms with Crippen LogP contribution < -0.4 is 16.4 Å². The molecule has 0 saturated heterocycles. The second kappa shape index (κ2) is 4.89. The van der Waals surface area contributed by atoms with Gasteiger partial charge in [-0.1, -0.05) is 17.7 Å². The van der Waals surface area contributed by atoms with E-state index in [4.69, 9.17) is 17.3 Å². The van der Waals surface area contributed by atoms with Gasteiger partial charge in [0.1, 0.15) is 5.82 Å². The number of urea groups is 1. The highest BCUT2D eigenvalue weighted by molar-refractivity contribution is 6.31. The Kier molecular flexibility index (Phi) is 3.44. The molecule has 0 fully saturated rings. The lowest BCUT2D eigenvalue weighted by Crippen LogP contribution is -2.46. The minimum Gasteiger partial charge on any atom is -0.366 e. The maximum Gasteiger partial charge on any atom is 0.319 e. The lowest BCUT2D eigenvalue weighted by atomic mass is 9.94. The summed E-state index contributed by atoms with van der Waals surface area (Å²) in [6.07, 6.45) is 0. The first-order valence-electron chi connectivity index (χ1n) is 5.43. The van der Waals surface area contributed by atoms with Gasteiger partial charge in [-0.25, -0.2) is 9.18 Å². The fourth-order valence-electron chi connectivity index (χ4n) is 2.02. The van der Waals surface area contributed by atoms with Gasteiger partial charge in [0.2, 0.25) is 5.91 Å². The molecular formula is C12H11ClFN3O2. The molecule has 1 aliphatic heterocycles. The van der Waals surface area contributed by atoms with Crippen LogP contribution >= 0.6 is 11.6 Å². The van der Waals surface area contributed by atoms with Crippen LogP contribution in [0.5, 0.6) is 0 Å². The van der Waals surface area contributed by atoms with Crippen LogP contribution in [0.15, 0.2) is 29.5 Å². The van der Waals surface area contributed by atoms with Gasteiger partial charge in [0.05, 0.1) is 11.6 Å². The number of primary amides is 1. The summed E-state index contributed by atoms with van der Waals surface area (Å²) in [4.78, 5) is 23.0. The Morgan fingerprint density at radius 2 is 2.16 bits per heavy atom. The summed E-state index contributed by atoms with van der Waals surface area (Å²) in [5, 5.41) is 4.97. The van der Waals surface area contributed by atoms with E-state index >= 15 is 0 Å². The molecule has 0 unspecified atom stereocenters. The van der Waals surface area contributed by atoms with Gasteiger partial charge in [0, 0.05) is 16.3 Å². The molecule has 5 nitrogen and oxygen atoms in total. The molecule has 7 heteroatoms. The van der Waals surface area contributed by atoms with Crippen LogP contribution in [0, 0.1) is 5.82 Å². The minimum absolute atomic E-state index is 0.0205. The van der Waals surface area contributed by atoms with Gasteiger partial charge in [-0.05, 0) is 19.1 Å². The molecule has 1 atom stereocenters. The van der Waals surface area contributed by atoms with Gasteiger partial charge in [-0.15, -0.1) is 0 Å². The number of nitrogens with two attached hydrogens (primary N) is 1. The van der Waals surface area contributed by atoms with E-state index < -0.39 is 23.8 Å². The number of amides is 3. The van der Waals surface area contributed by atoms with E-state index in [1.807, 2.05) is 0 Å². The van der Waals surface area contributed by atoms with Crippen molar-refractivity contribution in [2.75, 3.05) is 0 Å². The molecule has 0 spiro atoms. The monoisotopic (exact) mass is 283 g/mol. The fourth-order valence-corrected chi connectivity index (χ4v) is 2.30. The molecule has 0 saturated carbocycles. The predicted octanol–water partition coefficient (Wildman–Crippen LogP) is 1.59. The van der Waals surface area contributed by atoms with Gasteiger partial charge < -0.3 is 16.4 Å². The maximum absolute atomic E-state index is 13.9. The predicted molar refractivity (Wildman–Crippen MR) is 67.7 cm³/mol. The summed E-state index contributed by atoms with van der Waals surface area (Å²) in [7, 11) is 0. The first-order valence-corrected chi connectivity index (χ1v) is 5.81. The Labute approximate surface area is 113 Å². The first kappa shape index (κ1) is 13.4. The third-order valence-corrected chi connectivity index (χ3v) is 3.15. The molecule has 0 aromatic heterocycles. The second-order valence-corrected chi connectivity index (χ2v) is 4.48. The second-order valence-electron chi connectivity index (χ2n) is 4.07. The Balaban J connectivity index is 2.62.